The molecule has 5 nitrogen and oxygen atoms in total. The van der Waals surface area contributed by atoms with Gasteiger partial charge >= 0.3 is 5.97 Å². The molecule has 1 N–H and O–H groups in total. The molecule has 1 saturated carbocycles. The Balaban J connectivity index is 2.47. The lowest BCUT2D eigenvalue weighted by atomic mass is 9.95. The average Bonchev–Trinajstić information content (AvgIpc) is 2.77. The van der Waals surface area contributed by atoms with Gasteiger partial charge in [-0.1, -0.05) is 6.42 Å². The number of hydrogen-bond donors (Lipinski definition) is 1. The Kier molecular flexibility index (Phi) is 5.41. The van der Waals surface area contributed by atoms with Gasteiger partial charge in [0.05, 0.1) is 18.4 Å². The van der Waals surface area contributed by atoms with Gasteiger partial charge in [0, 0.05) is 20.2 Å². The van der Waals surface area contributed by atoms with E-state index < -0.39 is 11.9 Å². The van der Waals surface area contributed by atoms with Gasteiger partial charge in [0.15, 0.2) is 0 Å². The summed E-state index contributed by atoms with van der Waals surface area (Å²) in [5.41, 5.74) is 0. The van der Waals surface area contributed by atoms with E-state index in [1.165, 1.54) is 0 Å². The minimum absolute atomic E-state index is 0.0606. The van der Waals surface area contributed by atoms with E-state index >= 15 is 0 Å². The van der Waals surface area contributed by atoms with Gasteiger partial charge < -0.3 is 14.7 Å². The number of carbonyl (C=O) groups is 2. The van der Waals surface area contributed by atoms with E-state index in [9.17, 15) is 9.59 Å². The normalized spacial score (nSPS) is 23.6. The van der Waals surface area contributed by atoms with E-state index in [1.807, 2.05) is 6.92 Å². The summed E-state index contributed by atoms with van der Waals surface area (Å²) in [6.07, 6.45) is 2.13. The van der Waals surface area contributed by atoms with Crippen LogP contribution >= 0.6 is 0 Å². The Morgan fingerprint density at radius 3 is 2.59 bits per heavy atom. The highest BCUT2D eigenvalue weighted by Crippen LogP contribution is 2.33. The van der Waals surface area contributed by atoms with Crippen LogP contribution in [-0.4, -0.2) is 48.7 Å². The molecule has 1 rings (SSSR count). The van der Waals surface area contributed by atoms with Gasteiger partial charge in [0.1, 0.15) is 0 Å². The van der Waals surface area contributed by atoms with E-state index in [1.54, 1.807) is 11.9 Å². The molecule has 5 heteroatoms. The molecule has 0 radical (unpaired) electrons. The number of ether oxygens (including phenoxy) is 1. The molecule has 1 fully saturated rings. The Hall–Kier alpha value is -1.10. The minimum Gasteiger partial charge on any atom is -0.481 e. The second-order valence-electron chi connectivity index (χ2n) is 4.44. The molecule has 0 aliphatic heterocycles. The lowest BCUT2D eigenvalue weighted by Gasteiger charge is -2.23. The maximum Gasteiger partial charge on any atom is 0.307 e. The summed E-state index contributed by atoms with van der Waals surface area (Å²) < 4.78 is 5.18. The summed E-state index contributed by atoms with van der Waals surface area (Å²) in [6.45, 7) is 3.56. The fraction of sp³-hybridized carbons (Fsp3) is 0.833. The largest absolute Gasteiger partial charge is 0.481 e. The molecule has 1 aliphatic carbocycles. The average molecular weight is 243 g/mol. The van der Waals surface area contributed by atoms with Crippen molar-refractivity contribution in [3.63, 3.8) is 0 Å². The number of hydrogen-bond acceptors (Lipinski definition) is 3. The van der Waals surface area contributed by atoms with Crippen LogP contribution in [0.2, 0.25) is 0 Å². The van der Waals surface area contributed by atoms with Crippen molar-refractivity contribution in [3.8, 4) is 0 Å². The third kappa shape index (κ3) is 3.70. The predicted octanol–water partition coefficient (Wildman–Crippen LogP) is 0.982. The smallest absolute Gasteiger partial charge is 0.307 e. The molecule has 1 amide bonds. The first-order chi connectivity index (χ1) is 8.07. The Labute approximate surface area is 102 Å². The zero-order valence-corrected chi connectivity index (χ0v) is 10.5. The highest BCUT2D eigenvalue weighted by Gasteiger charge is 2.38. The van der Waals surface area contributed by atoms with Crippen molar-refractivity contribution < 1.29 is 19.4 Å². The molecule has 2 atom stereocenters. The van der Waals surface area contributed by atoms with Crippen LogP contribution in [0.25, 0.3) is 0 Å². The molecule has 0 heterocycles. The van der Waals surface area contributed by atoms with E-state index in [4.69, 9.17) is 9.84 Å². The first-order valence-corrected chi connectivity index (χ1v) is 6.13. The number of likely N-dealkylation sites (N-methyl/N-ethyl adjacent to an activating group) is 1. The van der Waals surface area contributed by atoms with Crippen molar-refractivity contribution in [1.82, 2.24) is 4.90 Å². The molecule has 17 heavy (non-hydrogen) atoms. The number of carboxylic acid groups (broad SMARTS) is 1. The molecule has 0 aromatic carbocycles. The van der Waals surface area contributed by atoms with Gasteiger partial charge in [-0.25, -0.2) is 0 Å². The number of nitrogens with zero attached hydrogens (tertiary/aromatic N) is 1. The Morgan fingerprint density at radius 1 is 1.35 bits per heavy atom. The van der Waals surface area contributed by atoms with Crippen molar-refractivity contribution in [2.45, 2.75) is 26.2 Å². The SMILES string of the molecule is CCOCCN(C)C(=O)[C@@H]1CCC[C@@H]1C(=O)O. The third-order valence-corrected chi connectivity index (χ3v) is 3.30. The van der Waals surface area contributed by atoms with E-state index in [0.29, 0.717) is 32.6 Å². The summed E-state index contributed by atoms with van der Waals surface area (Å²) in [5, 5.41) is 9.03. The zero-order chi connectivity index (χ0) is 12.8. The number of amides is 1. The molecule has 0 aromatic rings. The first-order valence-electron chi connectivity index (χ1n) is 6.13. The van der Waals surface area contributed by atoms with E-state index in [-0.39, 0.29) is 11.8 Å². The van der Waals surface area contributed by atoms with Crippen LogP contribution in [0, 0.1) is 11.8 Å². The predicted molar refractivity (Wildman–Crippen MR) is 62.6 cm³/mol. The summed E-state index contributed by atoms with van der Waals surface area (Å²) in [7, 11) is 1.71. The fourth-order valence-electron chi connectivity index (χ4n) is 2.29. The van der Waals surface area contributed by atoms with Crippen LogP contribution in [0.5, 0.6) is 0 Å². The molecule has 0 bridgehead atoms. The summed E-state index contributed by atoms with van der Waals surface area (Å²) in [5.74, 6) is -1.76. The molecular formula is C12H21NO4. The number of carboxylic acids is 1. The lowest BCUT2D eigenvalue weighted by molar-refractivity contribution is -0.148. The van der Waals surface area contributed by atoms with Crippen molar-refractivity contribution in [3.05, 3.63) is 0 Å². The monoisotopic (exact) mass is 243 g/mol. The Bertz CT molecular complexity index is 280. The van der Waals surface area contributed by atoms with Gasteiger partial charge in [-0.05, 0) is 19.8 Å². The van der Waals surface area contributed by atoms with Gasteiger partial charge in [-0.15, -0.1) is 0 Å². The van der Waals surface area contributed by atoms with Crippen LogP contribution in [0.4, 0.5) is 0 Å². The van der Waals surface area contributed by atoms with Crippen molar-refractivity contribution in [1.29, 1.82) is 0 Å². The Morgan fingerprint density at radius 2 is 2.00 bits per heavy atom. The first kappa shape index (κ1) is 14.0. The highest BCUT2D eigenvalue weighted by atomic mass is 16.5. The molecular weight excluding hydrogens is 222 g/mol. The molecule has 98 valence electrons. The quantitative estimate of drug-likeness (QED) is 0.706. The topological polar surface area (TPSA) is 66.8 Å². The van der Waals surface area contributed by atoms with Crippen molar-refractivity contribution >= 4 is 11.9 Å². The lowest BCUT2D eigenvalue weighted by Crippen LogP contribution is -2.38. The fourth-order valence-corrected chi connectivity index (χ4v) is 2.29. The van der Waals surface area contributed by atoms with Crippen LogP contribution < -0.4 is 0 Å². The van der Waals surface area contributed by atoms with Gasteiger partial charge in [-0.2, -0.15) is 0 Å². The van der Waals surface area contributed by atoms with Crippen LogP contribution in [0.1, 0.15) is 26.2 Å². The maximum absolute atomic E-state index is 12.1. The third-order valence-electron chi connectivity index (χ3n) is 3.30. The summed E-state index contributed by atoms with van der Waals surface area (Å²) in [6, 6.07) is 0. The van der Waals surface area contributed by atoms with Crippen LogP contribution in [0.3, 0.4) is 0 Å². The summed E-state index contributed by atoms with van der Waals surface area (Å²) in [4.78, 5) is 24.7. The minimum atomic E-state index is -0.848. The molecule has 0 spiro atoms. The molecule has 0 unspecified atom stereocenters. The molecule has 0 saturated heterocycles. The highest BCUT2D eigenvalue weighted by molar-refractivity contribution is 5.85. The van der Waals surface area contributed by atoms with Gasteiger partial charge in [0.25, 0.3) is 0 Å². The summed E-state index contributed by atoms with van der Waals surface area (Å²) >= 11 is 0. The van der Waals surface area contributed by atoms with E-state index in [2.05, 4.69) is 0 Å². The van der Waals surface area contributed by atoms with Crippen LogP contribution in [0.15, 0.2) is 0 Å². The van der Waals surface area contributed by atoms with Gasteiger partial charge in [-0.3, -0.25) is 9.59 Å². The van der Waals surface area contributed by atoms with Crippen molar-refractivity contribution in [2.75, 3.05) is 26.8 Å². The number of rotatable bonds is 6. The maximum atomic E-state index is 12.1. The second kappa shape index (κ2) is 6.59. The van der Waals surface area contributed by atoms with Gasteiger partial charge in [0.2, 0.25) is 5.91 Å². The van der Waals surface area contributed by atoms with E-state index in [0.717, 1.165) is 6.42 Å². The standard InChI is InChI=1S/C12H21NO4/c1-3-17-8-7-13(2)11(14)9-5-4-6-10(9)12(15)16/h9-10H,3-8H2,1-2H3,(H,15,16)/t9-,10+/m1/s1. The second-order valence-corrected chi connectivity index (χ2v) is 4.44. The van der Waals surface area contributed by atoms with Crippen molar-refractivity contribution in [2.24, 2.45) is 11.8 Å². The zero-order valence-electron chi connectivity index (χ0n) is 10.5. The van der Waals surface area contributed by atoms with Crippen LogP contribution in [-0.2, 0) is 14.3 Å². The number of aliphatic carboxylic acids is 1. The molecule has 0 aromatic heterocycles. The number of carbonyl (C=O) groups excluding carboxylic acids is 1. The molecule has 1 aliphatic rings.